The monoisotopic (exact) mass is 299 g/mol. The second-order valence-electron chi connectivity index (χ2n) is 5.81. The molecular formula is C14H25N3O4. The lowest BCUT2D eigenvalue weighted by Crippen LogP contribution is -2.53. The molecule has 0 aliphatic carbocycles. The number of carbonyl (C=O) groups excluding carboxylic acids is 2. The lowest BCUT2D eigenvalue weighted by molar-refractivity contribution is -0.152. The summed E-state index contributed by atoms with van der Waals surface area (Å²) in [6.45, 7) is 2.61. The van der Waals surface area contributed by atoms with Crippen molar-refractivity contribution < 1.29 is 19.5 Å². The Kier molecular flexibility index (Phi) is 5.99. The average Bonchev–Trinajstić information content (AvgIpc) is 2.44. The Hall–Kier alpha value is -1.79. The van der Waals surface area contributed by atoms with Gasteiger partial charge in [-0.3, -0.25) is 9.59 Å². The van der Waals surface area contributed by atoms with E-state index in [1.54, 1.807) is 14.1 Å². The van der Waals surface area contributed by atoms with Crippen molar-refractivity contribution >= 4 is 17.9 Å². The van der Waals surface area contributed by atoms with Crippen LogP contribution < -0.4 is 5.32 Å². The molecule has 7 heteroatoms. The van der Waals surface area contributed by atoms with Crippen LogP contribution in [0.4, 0.5) is 4.79 Å². The first-order valence-corrected chi connectivity index (χ1v) is 7.28. The Morgan fingerprint density at radius 1 is 1.33 bits per heavy atom. The lowest BCUT2D eigenvalue weighted by atomic mass is 9.76. The van der Waals surface area contributed by atoms with Gasteiger partial charge < -0.3 is 20.2 Å². The van der Waals surface area contributed by atoms with Crippen molar-refractivity contribution in [1.82, 2.24) is 15.1 Å². The highest BCUT2D eigenvalue weighted by atomic mass is 16.4. The molecule has 1 aliphatic rings. The van der Waals surface area contributed by atoms with Gasteiger partial charge in [0.25, 0.3) is 0 Å². The van der Waals surface area contributed by atoms with E-state index < -0.39 is 11.4 Å². The second-order valence-corrected chi connectivity index (χ2v) is 5.81. The summed E-state index contributed by atoms with van der Waals surface area (Å²) < 4.78 is 0. The van der Waals surface area contributed by atoms with Crippen LogP contribution in [0.3, 0.4) is 0 Å². The molecule has 1 fully saturated rings. The van der Waals surface area contributed by atoms with Crippen LogP contribution in [0.1, 0.15) is 32.6 Å². The second kappa shape index (κ2) is 7.28. The molecule has 1 saturated heterocycles. The van der Waals surface area contributed by atoms with Gasteiger partial charge in [0.05, 0.1) is 12.0 Å². The molecule has 1 rings (SSSR count). The Morgan fingerprint density at radius 2 is 2.00 bits per heavy atom. The van der Waals surface area contributed by atoms with E-state index in [0.717, 1.165) is 6.42 Å². The number of likely N-dealkylation sites (N-methyl/N-ethyl adjacent to an activating group) is 1. The molecule has 1 heterocycles. The first kappa shape index (κ1) is 17.3. The number of hydrogen-bond donors (Lipinski definition) is 2. The third-order valence-corrected chi connectivity index (χ3v) is 3.94. The summed E-state index contributed by atoms with van der Waals surface area (Å²) in [6.07, 6.45) is 2.58. The average molecular weight is 299 g/mol. The molecule has 7 nitrogen and oxygen atoms in total. The topological polar surface area (TPSA) is 90.0 Å². The van der Waals surface area contributed by atoms with Gasteiger partial charge in [0.1, 0.15) is 0 Å². The molecule has 0 aromatic carbocycles. The SMILES string of the molecule is CCCC1(C(=O)O)CCCN(C(=O)NCC(=O)N(C)C)C1. The van der Waals surface area contributed by atoms with E-state index in [-0.39, 0.29) is 25.0 Å². The van der Waals surface area contributed by atoms with Crippen molar-refractivity contribution in [3.63, 3.8) is 0 Å². The number of carboxylic acids is 1. The molecule has 0 bridgehead atoms. The molecule has 1 atom stereocenters. The zero-order chi connectivity index (χ0) is 16.0. The van der Waals surface area contributed by atoms with Gasteiger partial charge in [-0.2, -0.15) is 0 Å². The third kappa shape index (κ3) is 4.34. The first-order valence-electron chi connectivity index (χ1n) is 7.28. The number of amides is 3. The molecule has 1 unspecified atom stereocenters. The minimum Gasteiger partial charge on any atom is -0.481 e. The van der Waals surface area contributed by atoms with Gasteiger partial charge in [-0.05, 0) is 19.3 Å². The van der Waals surface area contributed by atoms with E-state index in [0.29, 0.717) is 25.8 Å². The molecule has 0 aromatic heterocycles. The summed E-state index contributed by atoms with van der Waals surface area (Å²) in [5.74, 6) is -1.04. The number of aliphatic carboxylic acids is 1. The van der Waals surface area contributed by atoms with Crippen molar-refractivity contribution in [3.05, 3.63) is 0 Å². The van der Waals surface area contributed by atoms with Gasteiger partial charge in [0.15, 0.2) is 0 Å². The molecule has 0 aromatic rings. The summed E-state index contributed by atoms with van der Waals surface area (Å²) in [4.78, 5) is 38.0. The van der Waals surface area contributed by atoms with Crippen molar-refractivity contribution in [2.24, 2.45) is 5.41 Å². The molecule has 120 valence electrons. The molecule has 21 heavy (non-hydrogen) atoms. The highest BCUT2D eigenvalue weighted by Crippen LogP contribution is 2.35. The Labute approximate surface area is 125 Å². The van der Waals surface area contributed by atoms with Crippen LogP contribution >= 0.6 is 0 Å². The van der Waals surface area contributed by atoms with Crippen LogP contribution in [0.2, 0.25) is 0 Å². The Balaban J connectivity index is 2.64. The summed E-state index contributed by atoms with van der Waals surface area (Å²) in [7, 11) is 3.23. The normalized spacial score (nSPS) is 21.8. The van der Waals surface area contributed by atoms with Gasteiger partial charge in [0.2, 0.25) is 5.91 Å². The van der Waals surface area contributed by atoms with Crippen LogP contribution in [-0.4, -0.2) is 66.5 Å². The minimum atomic E-state index is -0.851. The maximum Gasteiger partial charge on any atom is 0.317 e. The molecular weight excluding hydrogens is 274 g/mol. The van der Waals surface area contributed by atoms with Crippen molar-refractivity contribution in [2.75, 3.05) is 33.7 Å². The van der Waals surface area contributed by atoms with Crippen LogP contribution in [0.25, 0.3) is 0 Å². The standard InChI is InChI=1S/C14H25N3O4/c1-4-6-14(12(19)20)7-5-8-17(10-14)13(21)15-9-11(18)16(2)3/h4-10H2,1-3H3,(H,15,21)(H,19,20). The number of nitrogens with zero attached hydrogens (tertiary/aromatic N) is 2. The molecule has 2 N–H and O–H groups in total. The Bertz CT molecular complexity index is 407. The first-order chi connectivity index (χ1) is 9.82. The number of likely N-dealkylation sites (tertiary alicyclic amines) is 1. The Morgan fingerprint density at radius 3 is 2.52 bits per heavy atom. The van der Waals surface area contributed by atoms with Gasteiger partial charge in [-0.25, -0.2) is 4.79 Å². The fraction of sp³-hybridized carbons (Fsp3) is 0.786. The predicted molar refractivity (Wildman–Crippen MR) is 77.9 cm³/mol. The fourth-order valence-corrected chi connectivity index (χ4v) is 2.69. The highest BCUT2D eigenvalue weighted by molar-refractivity contribution is 5.84. The highest BCUT2D eigenvalue weighted by Gasteiger charge is 2.42. The number of hydrogen-bond acceptors (Lipinski definition) is 3. The van der Waals surface area contributed by atoms with E-state index in [9.17, 15) is 19.5 Å². The number of nitrogens with one attached hydrogen (secondary N) is 1. The largest absolute Gasteiger partial charge is 0.481 e. The van der Waals surface area contributed by atoms with Gasteiger partial charge in [0, 0.05) is 27.2 Å². The molecule has 1 aliphatic heterocycles. The van der Waals surface area contributed by atoms with E-state index >= 15 is 0 Å². The summed E-state index contributed by atoms with van der Waals surface area (Å²) in [5.41, 5.74) is -0.851. The van der Waals surface area contributed by atoms with Crippen molar-refractivity contribution in [2.45, 2.75) is 32.6 Å². The zero-order valence-corrected chi connectivity index (χ0v) is 13.0. The fourth-order valence-electron chi connectivity index (χ4n) is 2.69. The number of urea groups is 1. The third-order valence-electron chi connectivity index (χ3n) is 3.94. The maximum absolute atomic E-state index is 12.1. The predicted octanol–water partition coefficient (Wildman–Crippen LogP) is 0.751. The van der Waals surface area contributed by atoms with E-state index in [1.807, 2.05) is 6.92 Å². The van der Waals surface area contributed by atoms with E-state index in [2.05, 4.69) is 5.32 Å². The lowest BCUT2D eigenvalue weighted by Gasteiger charge is -2.39. The zero-order valence-electron chi connectivity index (χ0n) is 13.0. The van der Waals surface area contributed by atoms with Crippen LogP contribution in [0.15, 0.2) is 0 Å². The molecule has 3 amide bonds. The maximum atomic E-state index is 12.1. The summed E-state index contributed by atoms with van der Waals surface area (Å²) in [6, 6.07) is -0.369. The molecule has 0 spiro atoms. The van der Waals surface area contributed by atoms with E-state index in [4.69, 9.17) is 0 Å². The quantitative estimate of drug-likeness (QED) is 0.784. The van der Waals surface area contributed by atoms with Crippen LogP contribution in [0.5, 0.6) is 0 Å². The minimum absolute atomic E-state index is 0.0732. The number of piperidine rings is 1. The van der Waals surface area contributed by atoms with E-state index in [1.165, 1.54) is 9.80 Å². The smallest absolute Gasteiger partial charge is 0.317 e. The number of rotatable bonds is 5. The number of carboxylic acid groups (broad SMARTS) is 1. The van der Waals surface area contributed by atoms with Crippen molar-refractivity contribution in [1.29, 1.82) is 0 Å². The summed E-state index contributed by atoms with van der Waals surface area (Å²) in [5, 5.41) is 12.0. The van der Waals surface area contributed by atoms with Crippen LogP contribution in [0, 0.1) is 5.41 Å². The van der Waals surface area contributed by atoms with Gasteiger partial charge >= 0.3 is 12.0 Å². The van der Waals surface area contributed by atoms with Crippen LogP contribution in [-0.2, 0) is 9.59 Å². The van der Waals surface area contributed by atoms with Crippen molar-refractivity contribution in [3.8, 4) is 0 Å². The molecule has 0 radical (unpaired) electrons. The van der Waals surface area contributed by atoms with Gasteiger partial charge in [-0.15, -0.1) is 0 Å². The molecule has 0 saturated carbocycles. The number of carbonyl (C=O) groups is 3. The summed E-state index contributed by atoms with van der Waals surface area (Å²) >= 11 is 0. The van der Waals surface area contributed by atoms with Gasteiger partial charge in [-0.1, -0.05) is 13.3 Å².